The van der Waals surface area contributed by atoms with E-state index >= 15 is 0 Å². The van der Waals surface area contributed by atoms with Gasteiger partial charge in [-0.3, -0.25) is 4.79 Å². The Labute approximate surface area is 149 Å². The average molecular weight is 362 g/mol. The second-order valence-electron chi connectivity index (χ2n) is 5.43. The number of hydrogen-bond donors (Lipinski definition) is 1. The predicted molar refractivity (Wildman–Crippen MR) is 96.8 cm³/mol. The summed E-state index contributed by atoms with van der Waals surface area (Å²) in [5.74, 6) is -0.679. The van der Waals surface area contributed by atoms with E-state index in [4.69, 9.17) is 16.3 Å². The molecule has 0 atom stereocenters. The van der Waals surface area contributed by atoms with E-state index in [2.05, 4.69) is 5.32 Å². The molecule has 1 N–H and O–H groups in total. The molecule has 1 aliphatic carbocycles. The van der Waals surface area contributed by atoms with Gasteiger partial charge in [0.1, 0.15) is 5.00 Å². The van der Waals surface area contributed by atoms with E-state index in [1.165, 1.54) is 24.5 Å². The van der Waals surface area contributed by atoms with E-state index in [1.54, 1.807) is 18.2 Å². The zero-order valence-corrected chi connectivity index (χ0v) is 14.7. The molecule has 24 heavy (non-hydrogen) atoms. The number of aryl methyl sites for hydroxylation is 1. The van der Waals surface area contributed by atoms with E-state index in [0.29, 0.717) is 15.6 Å². The average Bonchev–Trinajstić information content (AvgIpc) is 3.14. The zero-order valence-electron chi connectivity index (χ0n) is 13.1. The van der Waals surface area contributed by atoms with Crippen LogP contribution < -0.4 is 5.32 Å². The number of esters is 1. The maximum absolute atomic E-state index is 12.2. The van der Waals surface area contributed by atoms with Crippen LogP contribution in [0.2, 0.25) is 5.02 Å². The third-order valence-corrected chi connectivity index (χ3v) is 5.30. The van der Waals surface area contributed by atoms with E-state index in [1.807, 2.05) is 12.1 Å². The van der Waals surface area contributed by atoms with Crippen molar-refractivity contribution in [1.82, 2.24) is 0 Å². The molecule has 1 aromatic carbocycles. The minimum atomic E-state index is -0.397. The van der Waals surface area contributed by atoms with Crippen LogP contribution in [0.15, 0.2) is 30.3 Å². The van der Waals surface area contributed by atoms with Gasteiger partial charge in [-0.25, -0.2) is 4.79 Å². The van der Waals surface area contributed by atoms with Crippen LogP contribution in [0, 0.1) is 0 Å². The second kappa shape index (κ2) is 7.20. The van der Waals surface area contributed by atoms with Crippen molar-refractivity contribution in [2.45, 2.75) is 19.3 Å². The van der Waals surface area contributed by atoms with Gasteiger partial charge in [0.15, 0.2) is 0 Å². The number of ether oxygens (including phenoxy) is 1. The third kappa shape index (κ3) is 3.52. The highest BCUT2D eigenvalue weighted by molar-refractivity contribution is 7.17. The number of benzene rings is 1. The van der Waals surface area contributed by atoms with Crippen molar-refractivity contribution >= 4 is 45.9 Å². The van der Waals surface area contributed by atoms with Gasteiger partial charge < -0.3 is 10.1 Å². The molecular weight excluding hydrogens is 346 g/mol. The van der Waals surface area contributed by atoms with Crippen LogP contribution in [-0.2, 0) is 22.4 Å². The molecule has 0 bridgehead atoms. The second-order valence-corrected chi connectivity index (χ2v) is 6.97. The minimum Gasteiger partial charge on any atom is -0.465 e. The Bertz CT molecular complexity index is 808. The lowest BCUT2D eigenvalue weighted by atomic mass is 10.1. The quantitative estimate of drug-likeness (QED) is 0.651. The number of nitrogens with one attached hydrogen (secondary N) is 1. The first-order valence-corrected chi connectivity index (χ1v) is 8.75. The summed E-state index contributed by atoms with van der Waals surface area (Å²) in [7, 11) is 1.35. The molecule has 4 nitrogen and oxygen atoms in total. The Kier molecular flexibility index (Phi) is 5.02. The molecule has 0 radical (unpaired) electrons. The molecule has 0 unspecified atom stereocenters. The van der Waals surface area contributed by atoms with Crippen LogP contribution in [0.4, 0.5) is 5.00 Å². The summed E-state index contributed by atoms with van der Waals surface area (Å²) in [5.41, 5.74) is 2.39. The SMILES string of the molecule is COC(=O)c1c(NC(=O)C=Cc2ccc(Cl)cc2)sc2c1CCC2. The normalized spacial score (nSPS) is 13.1. The minimum absolute atomic E-state index is 0.282. The van der Waals surface area contributed by atoms with Gasteiger partial charge in [0.25, 0.3) is 0 Å². The molecule has 0 spiro atoms. The molecule has 0 fully saturated rings. The number of hydrogen-bond acceptors (Lipinski definition) is 4. The lowest BCUT2D eigenvalue weighted by Gasteiger charge is -2.05. The maximum Gasteiger partial charge on any atom is 0.341 e. The van der Waals surface area contributed by atoms with Gasteiger partial charge in [-0.1, -0.05) is 23.7 Å². The summed E-state index contributed by atoms with van der Waals surface area (Å²) < 4.78 is 4.87. The van der Waals surface area contributed by atoms with Crippen LogP contribution in [0.5, 0.6) is 0 Å². The summed E-state index contributed by atoms with van der Waals surface area (Å²) in [6.07, 6.45) is 5.98. The topological polar surface area (TPSA) is 55.4 Å². The van der Waals surface area contributed by atoms with E-state index in [-0.39, 0.29) is 5.91 Å². The standard InChI is InChI=1S/C18H16ClNO3S/c1-23-18(22)16-13-3-2-4-14(13)24-17(16)20-15(21)10-7-11-5-8-12(19)9-6-11/h5-10H,2-4H2,1H3,(H,20,21). The van der Waals surface area contributed by atoms with Crippen molar-refractivity contribution in [2.75, 3.05) is 12.4 Å². The Morgan fingerprint density at radius 2 is 2.00 bits per heavy atom. The summed E-state index contributed by atoms with van der Waals surface area (Å²) in [4.78, 5) is 25.4. The fraction of sp³-hybridized carbons (Fsp3) is 0.222. The molecule has 124 valence electrons. The first-order valence-electron chi connectivity index (χ1n) is 7.56. The summed E-state index contributed by atoms with van der Waals surface area (Å²) >= 11 is 7.29. The fourth-order valence-electron chi connectivity index (χ4n) is 2.71. The number of carbonyl (C=O) groups excluding carboxylic acids is 2. The smallest absolute Gasteiger partial charge is 0.341 e. The number of fused-ring (bicyclic) bond motifs is 1. The molecule has 1 heterocycles. The van der Waals surface area contributed by atoms with Crippen molar-refractivity contribution in [3.8, 4) is 0 Å². The molecule has 0 saturated carbocycles. The molecule has 0 aliphatic heterocycles. The Balaban J connectivity index is 1.77. The van der Waals surface area contributed by atoms with E-state index in [0.717, 1.165) is 35.3 Å². The Morgan fingerprint density at radius 3 is 2.71 bits per heavy atom. The highest BCUT2D eigenvalue weighted by atomic mass is 35.5. The predicted octanol–water partition coefficient (Wildman–Crippen LogP) is 4.33. The summed E-state index contributed by atoms with van der Waals surface area (Å²) in [6.45, 7) is 0. The van der Waals surface area contributed by atoms with Gasteiger partial charge in [-0.05, 0) is 48.6 Å². The highest BCUT2D eigenvalue weighted by Crippen LogP contribution is 2.39. The van der Waals surface area contributed by atoms with Crippen LogP contribution in [-0.4, -0.2) is 19.0 Å². The van der Waals surface area contributed by atoms with Crippen LogP contribution in [0.25, 0.3) is 6.08 Å². The van der Waals surface area contributed by atoms with Gasteiger partial charge in [-0.2, -0.15) is 0 Å². The zero-order chi connectivity index (χ0) is 17.1. The largest absolute Gasteiger partial charge is 0.465 e. The molecule has 1 aliphatic rings. The van der Waals surface area contributed by atoms with Crippen LogP contribution in [0.1, 0.15) is 32.8 Å². The Hall–Kier alpha value is -2.11. The van der Waals surface area contributed by atoms with E-state index < -0.39 is 5.97 Å². The van der Waals surface area contributed by atoms with Gasteiger partial charge in [-0.15, -0.1) is 11.3 Å². The number of carbonyl (C=O) groups is 2. The maximum atomic E-state index is 12.2. The number of thiophene rings is 1. The monoisotopic (exact) mass is 361 g/mol. The molecule has 3 rings (SSSR count). The van der Waals surface area contributed by atoms with Crippen molar-refractivity contribution in [3.05, 3.63) is 56.9 Å². The number of halogens is 1. The van der Waals surface area contributed by atoms with Crippen LogP contribution >= 0.6 is 22.9 Å². The first kappa shape index (κ1) is 16.7. The number of methoxy groups -OCH3 is 1. The van der Waals surface area contributed by atoms with Gasteiger partial charge in [0, 0.05) is 16.0 Å². The summed E-state index contributed by atoms with van der Waals surface area (Å²) in [6, 6.07) is 7.17. The Morgan fingerprint density at radius 1 is 1.25 bits per heavy atom. The lowest BCUT2D eigenvalue weighted by molar-refractivity contribution is -0.111. The number of rotatable bonds is 4. The first-order chi connectivity index (χ1) is 11.6. The van der Waals surface area contributed by atoms with Crippen LogP contribution in [0.3, 0.4) is 0 Å². The van der Waals surface area contributed by atoms with E-state index in [9.17, 15) is 9.59 Å². The fourth-order valence-corrected chi connectivity index (χ4v) is 4.12. The van der Waals surface area contributed by atoms with Crippen molar-refractivity contribution < 1.29 is 14.3 Å². The number of anilines is 1. The van der Waals surface area contributed by atoms with Gasteiger partial charge in [0.05, 0.1) is 12.7 Å². The molecule has 0 saturated heterocycles. The molecule has 6 heteroatoms. The molecule has 1 aromatic heterocycles. The molecule has 2 aromatic rings. The van der Waals surface area contributed by atoms with Gasteiger partial charge >= 0.3 is 5.97 Å². The molecule has 1 amide bonds. The van der Waals surface area contributed by atoms with Crippen molar-refractivity contribution in [2.24, 2.45) is 0 Å². The van der Waals surface area contributed by atoms with Crippen molar-refractivity contribution in [1.29, 1.82) is 0 Å². The number of amides is 1. The highest BCUT2D eigenvalue weighted by Gasteiger charge is 2.27. The summed E-state index contributed by atoms with van der Waals surface area (Å²) in [5, 5.41) is 4.02. The molecular formula is C18H16ClNO3S. The van der Waals surface area contributed by atoms with Gasteiger partial charge in [0.2, 0.25) is 5.91 Å². The lowest BCUT2D eigenvalue weighted by Crippen LogP contribution is -2.12. The van der Waals surface area contributed by atoms with Crippen molar-refractivity contribution in [3.63, 3.8) is 0 Å². The third-order valence-electron chi connectivity index (χ3n) is 3.84.